The molecule has 0 bridgehead atoms. The quantitative estimate of drug-likeness (QED) is 0.859. The summed E-state index contributed by atoms with van der Waals surface area (Å²) in [5.41, 5.74) is 6.71. The van der Waals surface area contributed by atoms with Gasteiger partial charge in [-0.15, -0.1) is 12.4 Å². The van der Waals surface area contributed by atoms with Crippen LogP contribution in [0.1, 0.15) is 45.4 Å². The lowest BCUT2D eigenvalue weighted by Gasteiger charge is -2.37. The first-order chi connectivity index (χ1) is 10.5. The van der Waals surface area contributed by atoms with Gasteiger partial charge in [0.05, 0.1) is 12.5 Å². The molecular formula is C18H27ClN2O2. The van der Waals surface area contributed by atoms with Crippen molar-refractivity contribution in [3.05, 3.63) is 24.3 Å². The Kier molecular flexibility index (Phi) is 5.93. The van der Waals surface area contributed by atoms with Gasteiger partial charge in [0.25, 0.3) is 0 Å². The Morgan fingerprint density at radius 1 is 1.26 bits per heavy atom. The minimum Gasteiger partial charge on any atom is -0.493 e. The first kappa shape index (κ1) is 18.1. The van der Waals surface area contributed by atoms with Crippen LogP contribution in [0.25, 0.3) is 0 Å². The Morgan fingerprint density at radius 3 is 2.57 bits per heavy atom. The van der Waals surface area contributed by atoms with E-state index in [-0.39, 0.29) is 24.2 Å². The van der Waals surface area contributed by atoms with Crippen LogP contribution < -0.4 is 15.8 Å². The minimum atomic E-state index is -0.393. The van der Waals surface area contributed by atoms with Crippen molar-refractivity contribution in [2.45, 2.75) is 51.0 Å². The van der Waals surface area contributed by atoms with Gasteiger partial charge >= 0.3 is 0 Å². The molecule has 3 N–H and O–H groups in total. The van der Waals surface area contributed by atoms with Gasteiger partial charge in [-0.3, -0.25) is 4.79 Å². The number of hydrogen-bond donors (Lipinski definition) is 2. The number of carbonyl (C=O) groups is 1. The summed E-state index contributed by atoms with van der Waals surface area (Å²) < 4.78 is 5.71. The molecule has 0 aliphatic heterocycles. The van der Waals surface area contributed by atoms with Crippen molar-refractivity contribution in [2.24, 2.45) is 17.6 Å². The van der Waals surface area contributed by atoms with Crippen LogP contribution in [-0.4, -0.2) is 18.1 Å². The Bertz CT molecular complexity index is 526. The summed E-state index contributed by atoms with van der Waals surface area (Å²) in [6.07, 6.45) is 6.56. The standard InChI is InChI=1S/C18H26N2O2.ClH/c1-18(19)11-3-2-4-16(18)17(21)20-14-7-9-15(10-8-14)22-12-13-5-6-13;/h7-10,13,16H,2-6,11-12,19H2,1H3,(H,20,21);1H. The van der Waals surface area contributed by atoms with E-state index in [1.165, 1.54) is 12.8 Å². The monoisotopic (exact) mass is 338 g/mol. The van der Waals surface area contributed by atoms with Gasteiger partial charge in [0.15, 0.2) is 0 Å². The highest BCUT2D eigenvalue weighted by Gasteiger charge is 2.37. The van der Waals surface area contributed by atoms with Crippen LogP contribution in [0.15, 0.2) is 24.3 Å². The van der Waals surface area contributed by atoms with Crippen molar-refractivity contribution >= 4 is 24.0 Å². The van der Waals surface area contributed by atoms with Gasteiger partial charge in [-0.25, -0.2) is 0 Å². The molecule has 1 amide bonds. The van der Waals surface area contributed by atoms with E-state index in [1.54, 1.807) is 0 Å². The number of amides is 1. The van der Waals surface area contributed by atoms with Crippen LogP contribution in [-0.2, 0) is 4.79 Å². The smallest absolute Gasteiger partial charge is 0.229 e. The van der Waals surface area contributed by atoms with E-state index >= 15 is 0 Å². The van der Waals surface area contributed by atoms with Crippen molar-refractivity contribution in [3.63, 3.8) is 0 Å². The number of halogens is 1. The highest BCUT2D eigenvalue weighted by Crippen LogP contribution is 2.33. The highest BCUT2D eigenvalue weighted by atomic mass is 35.5. The molecule has 1 aromatic rings. The molecule has 2 saturated carbocycles. The lowest BCUT2D eigenvalue weighted by molar-refractivity contribution is -0.122. The van der Waals surface area contributed by atoms with Gasteiger partial charge in [0, 0.05) is 11.2 Å². The van der Waals surface area contributed by atoms with Crippen molar-refractivity contribution in [1.82, 2.24) is 0 Å². The normalized spacial score (nSPS) is 27.0. The Morgan fingerprint density at radius 2 is 1.96 bits per heavy atom. The lowest BCUT2D eigenvalue weighted by atomic mass is 9.74. The number of benzene rings is 1. The highest BCUT2D eigenvalue weighted by molar-refractivity contribution is 5.93. The molecule has 4 nitrogen and oxygen atoms in total. The topological polar surface area (TPSA) is 64.4 Å². The predicted octanol–water partition coefficient (Wildman–Crippen LogP) is 3.74. The Labute approximate surface area is 144 Å². The molecule has 0 spiro atoms. The van der Waals surface area contributed by atoms with E-state index in [0.29, 0.717) is 0 Å². The number of carbonyl (C=O) groups excluding carboxylic acids is 1. The summed E-state index contributed by atoms with van der Waals surface area (Å²) in [6.45, 7) is 2.80. The van der Waals surface area contributed by atoms with E-state index in [0.717, 1.165) is 49.6 Å². The summed E-state index contributed by atoms with van der Waals surface area (Å²) in [5, 5.41) is 3.00. The molecule has 0 heterocycles. The number of ether oxygens (including phenoxy) is 1. The fourth-order valence-corrected chi connectivity index (χ4v) is 3.15. The molecule has 0 aromatic heterocycles. The summed E-state index contributed by atoms with van der Waals surface area (Å²) in [7, 11) is 0. The van der Waals surface area contributed by atoms with Gasteiger partial charge < -0.3 is 15.8 Å². The number of anilines is 1. The van der Waals surface area contributed by atoms with Crippen LogP contribution in [0.4, 0.5) is 5.69 Å². The Balaban J connectivity index is 0.00000192. The van der Waals surface area contributed by atoms with E-state index in [9.17, 15) is 4.79 Å². The first-order valence-electron chi connectivity index (χ1n) is 8.37. The lowest BCUT2D eigenvalue weighted by Crippen LogP contribution is -2.51. The molecular weight excluding hydrogens is 312 g/mol. The molecule has 2 aliphatic rings. The zero-order chi connectivity index (χ0) is 15.6. The number of nitrogens with two attached hydrogens (primary N) is 1. The first-order valence-corrected chi connectivity index (χ1v) is 8.37. The van der Waals surface area contributed by atoms with Crippen LogP contribution in [0.2, 0.25) is 0 Å². The van der Waals surface area contributed by atoms with Gasteiger partial charge in [-0.1, -0.05) is 12.8 Å². The third-order valence-electron chi connectivity index (χ3n) is 4.88. The van der Waals surface area contributed by atoms with Gasteiger partial charge in [0.1, 0.15) is 5.75 Å². The van der Waals surface area contributed by atoms with Gasteiger partial charge in [0.2, 0.25) is 5.91 Å². The summed E-state index contributed by atoms with van der Waals surface area (Å²) in [4.78, 5) is 12.5. The third-order valence-corrected chi connectivity index (χ3v) is 4.88. The maximum atomic E-state index is 12.5. The van der Waals surface area contributed by atoms with Crippen molar-refractivity contribution < 1.29 is 9.53 Å². The second-order valence-electron chi connectivity index (χ2n) is 7.07. The molecule has 1 aromatic carbocycles. The fraction of sp³-hybridized carbons (Fsp3) is 0.611. The van der Waals surface area contributed by atoms with Crippen LogP contribution in [0.5, 0.6) is 5.75 Å². The van der Waals surface area contributed by atoms with Crippen molar-refractivity contribution in [3.8, 4) is 5.75 Å². The number of hydrogen-bond acceptors (Lipinski definition) is 3. The van der Waals surface area contributed by atoms with Gasteiger partial charge in [-0.05, 0) is 62.8 Å². The van der Waals surface area contributed by atoms with Crippen LogP contribution in [0.3, 0.4) is 0 Å². The van der Waals surface area contributed by atoms with E-state index < -0.39 is 5.54 Å². The number of rotatable bonds is 5. The second-order valence-corrected chi connectivity index (χ2v) is 7.07. The zero-order valence-electron chi connectivity index (χ0n) is 13.7. The van der Waals surface area contributed by atoms with E-state index in [2.05, 4.69) is 5.32 Å². The molecule has 2 aliphatic carbocycles. The predicted molar refractivity (Wildman–Crippen MR) is 95.1 cm³/mol. The molecule has 2 unspecified atom stereocenters. The molecule has 5 heteroatoms. The zero-order valence-corrected chi connectivity index (χ0v) is 14.5. The van der Waals surface area contributed by atoms with Gasteiger partial charge in [-0.2, -0.15) is 0 Å². The molecule has 2 fully saturated rings. The molecule has 128 valence electrons. The summed E-state index contributed by atoms with van der Waals surface area (Å²) in [5.74, 6) is 1.54. The average Bonchev–Trinajstić information content (AvgIpc) is 3.30. The largest absolute Gasteiger partial charge is 0.493 e. The van der Waals surface area contributed by atoms with Crippen LogP contribution in [0, 0.1) is 11.8 Å². The molecule has 23 heavy (non-hydrogen) atoms. The molecule has 3 rings (SSSR count). The summed E-state index contributed by atoms with van der Waals surface area (Å²) in [6, 6.07) is 7.63. The SMILES string of the molecule is CC1(N)CCCCC1C(=O)Nc1ccc(OCC2CC2)cc1.Cl. The van der Waals surface area contributed by atoms with Crippen molar-refractivity contribution in [2.75, 3.05) is 11.9 Å². The Hall–Kier alpha value is -1.26. The average molecular weight is 339 g/mol. The minimum absolute atomic E-state index is 0. The number of nitrogens with one attached hydrogen (secondary N) is 1. The van der Waals surface area contributed by atoms with Crippen LogP contribution >= 0.6 is 12.4 Å². The third kappa shape index (κ3) is 4.85. The van der Waals surface area contributed by atoms with E-state index in [4.69, 9.17) is 10.5 Å². The van der Waals surface area contributed by atoms with Crippen molar-refractivity contribution in [1.29, 1.82) is 0 Å². The molecule has 0 radical (unpaired) electrons. The molecule has 0 saturated heterocycles. The van der Waals surface area contributed by atoms with E-state index in [1.807, 2.05) is 31.2 Å². The fourth-order valence-electron chi connectivity index (χ4n) is 3.15. The maximum absolute atomic E-state index is 12.5. The maximum Gasteiger partial charge on any atom is 0.229 e. The molecule has 2 atom stereocenters. The summed E-state index contributed by atoms with van der Waals surface area (Å²) >= 11 is 0. The second kappa shape index (κ2) is 7.54.